The van der Waals surface area contributed by atoms with Crippen molar-refractivity contribution in [3.05, 3.63) is 35.5 Å². The Morgan fingerprint density at radius 1 is 1.09 bits per heavy atom. The zero-order valence-corrected chi connectivity index (χ0v) is 21.1. The Morgan fingerprint density at radius 2 is 1.74 bits per heavy atom. The van der Waals surface area contributed by atoms with Crippen molar-refractivity contribution in [3.63, 3.8) is 0 Å². The van der Waals surface area contributed by atoms with Crippen molar-refractivity contribution in [2.24, 2.45) is 5.92 Å². The van der Waals surface area contributed by atoms with Gasteiger partial charge in [0.2, 0.25) is 0 Å². The standard InChI is InChI=1S/C26H36O9/c1-15-9-7-11-16(2)23(34-20(6)29)24-21(17(3)25(30)35-24)13-22(33-19(5)28)26(31,12-8-10-15)14-32-18(4)27/h10-11,21-24,31H,3,7-9,12-14H2,1-2,4-6H3/b15-10+,16-11+/t21-,22+,23-,24-,26+/m0/s1. The molecular formula is C26H36O9. The fourth-order valence-corrected chi connectivity index (χ4v) is 4.45. The van der Waals surface area contributed by atoms with E-state index in [0.717, 1.165) is 12.0 Å². The molecule has 1 N–H and O–H groups in total. The third-order valence-corrected chi connectivity index (χ3v) is 6.37. The highest BCUT2D eigenvalue weighted by atomic mass is 16.6. The van der Waals surface area contributed by atoms with Gasteiger partial charge in [-0.3, -0.25) is 14.4 Å². The minimum atomic E-state index is -1.74. The molecule has 0 aromatic heterocycles. The molecule has 1 fully saturated rings. The summed E-state index contributed by atoms with van der Waals surface area (Å²) >= 11 is 0. The third-order valence-electron chi connectivity index (χ3n) is 6.37. The molecule has 194 valence electrons. The van der Waals surface area contributed by atoms with Crippen LogP contribution in [0.3, 0.4) is 0 Å². The van der Waals surface area contributed by atoms with Crippen LogP contribution in [0.4, 0.5) is 0 Å². The highest BCUT2D eigenvalue weighted by Crippen LogP contribution is 2.39. The van der Waals surface area contributed by atoms with Gasteiger partial charge in [-0.2, -0.15) is 0 Å². The molecule has 9 nitrogen and oxygen atoms in total. The van der Waals surface area contributed by atoms with Gasteiger partial charge in [0.1, 0.15) is 18.3 Å². The van der Waals surface area contributed by atoms with Crippen LogP contribution in [0, 0.1) is 5.92 Å². The zero-order chi connectivity index (χ0) is 26.3. The van der Waals surface area contributed by atoms with Crippen LogP contribution in [-0.2, 0) is 38.1 Å². The van der Waals surface area contributed by atoms with Crippen LogP contribution in [0.1, 0.15) is 66.7 Å². The molecule has 0 aromatic carbocycles. The molecule has 0 bridgehead atoms. The van der Waals surface area contributed by atoms with Crippen molar-refractivity contribution in [3.8, 4) is 0 Å². The molecule has 9 heteroatoms. The molecular weight excluding hydrogens is 456 g/mol. The van der Waals surface area contributed by atoms with E-state index in [1.54, 1.807) is 6.92 Å². The molecule has 35 heavy (non-hydrogen) atoms. The SMILES string of the molecule is C=C1C(=O)O[C@H]2[C@H]1C[C@@H](OC(C)=O)[C@](O)(COC(C)=O)CC/C=C(\C)CC/C=C(\C)[C@@H]2OC(C)=O. The van der Waals surface area contributed by atoms with E-state index in [1.165, 1.54) is 20.8 Å². The lowest BCUT2D eigenvalue weighted by Gasteiger charge is -2.37. The Hall–Kier alpha value is -2.94. The van der Waals surface area contributed by atoms with Crippen molar-refractivity contribution in [2.75, 3.05) is 6.61 Å². The fraction of sp³-hybridized carbons (Fsp3) is 0.615. The van der Waals surface area contributed by atoms with Gasteiger partial charge in [-0.15, -0.1) is 0 Å². The number of allylic oxidation sites excluding steroid dienone is 3. The maximum absolute atomic E-state index is 12.5. The number of fused-ring (bicyclic) bond motifs is 1. The summed E-state index contributed by atoms with van der Waals surface area (Å²) in [5, 5.41) is 11.6. The number of ether oxygens (including phenoxy) is 4. The summed E-state index contributed by atoms with van der Waals surface area (Å²) in [5.41, 5.74) is 0.167. The van der Waals surface area contributed by atoms with Crippen LogP contribution in [0.2, 0.25) is 0 Å². The van der Waals surface area contributed by atoms with Gasteiger partial charge in [0.25, 0.3) is 0 Å². The predicted octanol–water partition coefficient (Wildman–Crippen LogP) is 3.10. The maximum atomic E-state index is 12.5. The molecule has 0 unspecified atom stereocenters. The van der Waals surface area contributed by atoms with Crippen LogP contribution < -0.4 is 0 Å². The van der Waals surface area contributed by atoms with Crippen molar-refractivity contribution >= 4 is 23.9 Å². The Balaban J connectivity index is 2.59. The number of aliphatic hydroxyl groups is 1. The topological polar surface area (TPSA) is 125 Å². The van der Waals surface area contributed by atoms with Gasteiger partial charge in [-0.05, 0) is 51.5 Å². The number of hydrogen-bond acceptors (Lipinski definition) is 9. The largest absolute Gasteiger partial charge is 0.463 e. The Morgan fingerprint density at radius 3 is 2.34 bits per heavy atom. The van der Waals surface area contributed by atoms with Gasteiger partial charge in [-0.25, -0.2) is 4.79 Å². The Bertz CT molecular complexity index is 916. The second-order valence-corrected chi connectivity index (χ2v) is 9.33. The summed E-state index contributed by atoms with van der Waals surface area (Å²) < 4.78 is 21.8. The summed E-state index contributed by atoms with van der Waals surface area (Å²) in [6.45, 7) is 10.9. The molecule has 5 atom stereocenters. The quantitative estimate of drug-likeness (QED) is 0.273. The van der Waals surface area contributed by atoms with E-state index in [1.807, 2.05) is 19.1 Å². The van der Waals surface area contributed by atoms with Crippen molar-refractivity contribution in [2.45, 2.75) is 90.6 Å². The van der Waals surface area contributed by atoms with Gasteiger partial charge >= 0.3 is 23.9 Å². The van der Waals surface area contributed by atoms with Crippen molar-refractivity contribution in [1.82, 2.24) is 0 Å². The molecule has 0 saturated carbocycles. The number of carbonyl (C=O) groups is 4. The number of rotatable bonds is 4. The lowest BCUT2D eigenvalue weighted by molar-refractivity contribution is -0.181. The van der Waals surface area contributed by atoms with E-state index in [2.05, 4.69) is 6.58 Å². The van der Waals surface area contributed by atoms with Crippen LogP contribution in [0.25, 0.3) is 0 Å². The second kappa shape index (κ2) is 12.2. The monoisotopic (exact) mass is 492 g/mol. The van der Waals surface area contributed by atoms with E-state index >= 15 is 0 Å². The smallest absolute Gasteiger partial charge is 0.334 e. The fourth-order valence-electron chi connectivity index (χ4n) is 4.45. The number of hydrogen-bond donors (Lipinski definition) is 1. The van der Waals surface area contributed by atoms with E-state index in [0.29, 0.717) is 18.4 Å². The zero-order valence-electron chi connectivity index (χ0n) is 21.1. The number of carbonyl (C=O) groups excluding carboxylic acids is 4. The summed E-state index contributed by atoms with van der Waals surface area (Å²) in [6, 6.07) is 0. The Kier molecular flexibility index (Phi) is 9.82. The minimum Gasteiger partial charge on any atom is -0.463 e. The third kappa shape index (κ3) is 7.78. The van der Waals surface area contributed by atoms with E-state index < -0.39 is 60.3 Å². The van der Waals surface area contributed by atoms with E-state index in [9.17, 15) is 24.3 Å². The molecule has 2 rings (SSSR count). The van der Waals surface area contributed by atoms with Crippen LogP contribution in [0.15, 0.2) is 35.5 Å². The first-order valence-corrected chi connectivity index (χ1v) is 11.8. The van der Waals surface area contributed by atoms with Gasteiger partial charge in [0.05, 0.1) is 0 Å². The van der Waals surface area contributed by atoms with E-state index in [-0.39, 0.29) is 18.4 Å². The normalized spacial score (nSPS) is 33.1. The molecule has 0 spiro atoms. The Labute approximate surface area is 206 Å². The summed E-state index contributed by atoms with van der Waals surface area (Å²) in [7, 11) is 0. The summed E-state index contributed by atoms with van der Waals surface area (Å²) in [5.74, 6) is -3.18. The van der Waals surface area contributed by atoms with Gasteiger partial charge in [0, 0.05) is 32.3 Å². The molecule has 1 saturated heterocycles. The lowest BCUT2D eigenvalue weighted by Crippen LogP contribution is -2.51. The van der Waals surface area contributed by atoms with Crippen LogP contribution >= 0.6 is 0 Å². The second-order valence-electron chi connectivity index (χ2n) is 9.33. The van der Waals surface area contributed by atoms with Gasteiger partial charge < -0.3 is 24.1 Å². The summed E-state index contributed by atoms with van der Waals surface area (Å²) in [6.07, 6.45) is 2.89. The maximum Gasteiger partial charge on any atom is 0.334 e. The molecule has 1 heterocycles. The molecule has 2 aliphatic rings. The van der Waals surface area contributed by atoms with E-state index in [4.69, 9.17) is 18.9 Å². The molecule has 0 radical (unpaired) electrons. The average molecular weight is 493 g/mol. The number of esters is 4. The van der Waals surface area contributed by atoms with Crippen molar-refractivity contribution in [1.29, 1.82) is 0 Å². The highest BCUT2D eigenvalue weighted by Gasteiger charge is 2.50. The average Bonchev–Trinajstić information content (AvgIpc) is 3.02. The molecule has 0 aromatic rings. The minimum absolute atomic E-state index is 0.0552. The first-order valence-electron chi connectivity index (χ1n) is 11.8. The summed E-state index contributed by atoms with van der Waals surface area (Å²) in [4.78, 5) is 48.0. The molecule has 1 aliphatic carbocycles. The van der Waals surface area contributed by atoms with Crippen LogP contribution in [-0.4, -0.2) is 59.5 Å². The first-order chi connectivity index (χ1) is 16.3. The van der Waals surface area contributed by atoms with Crippen LogP contribution in [0.5, 0.6) is 0 Å². The van der Waals surface area contributed by atoms with Crippen molar-refractivity contribution < 1.29 is 43.2 Å². The molecule has 1 aliphatic heterocycles. The lowest BCUT2D eigenvalue weighted by atomic mass is 9.80. The van der Waals surface area contributed by atoms with Gasteiger partial charge in [0.15, 0.2) is 12.2 Å². The predicted molar refractivity (Wildman–Crippen MR) is 126 cm³/mol. The first kappa shape index (κ1) is 28.3. The molecule has 0 amide bonds. The van der Waals surface area contributed by atoms with Gasteiger partial charge in [-0.1, -0.05) is 24.3 Å². The highest BCUT2D eigenvalue weighted by molar-refractivity contribution is 5.91.